The molecular weight excluding hydrogens is 200 g/mol. The largest absolute Gasteiger partial charge is 0.270 e. The Hall–Kier alpha value is -0.0900. The van der Waals surface area contributed by atoms with Gasteiger partial charge in [0.1, 0.15) is 0 Å². The Bertz CT molecular complexity index is 277. The van der Waals surface area contributed by atoms with Gasteiger partial charge >= 0.3 is 0 Å². The van der Waals surface area contributed by atoms with Crippen molar-refractivity contribution < 1.29 is 12.6 Å². The molecule has 0 spiro atoms. The highest BCUT2D eigenvalue weighted by molar-refractivity contribution is 7.86. The lowest BCUT2D eigenvalue weighted by molar-refractivity contribution is 0.107. The van der Waals surface area contributed by atoms with Gasteiger partial charge in [-0.3, -0.25) is 4.18 Å². The summed E-state index contributed by atoms with van der Waals surface area (Å²) in [5.41, 5.74) is 0.0251. The minimum Gasteiger partial charge on any atom is -0.270 e. The second-order valence-electron chi connectivity index (χ2n) is 5.78. The van der Waals surface area contributed by atoms with Crippen molar-refractivity contribution in [2.75, 3.05) is 12.4 Å². The molecule has 0 aromatic rings. The van der Waals surface area contributed by atoms with Crippen LogP contribution in [0.25, 0.3) is 0 Å². The van der Waals surface area contributed by atoms with Crippen LogP contribution in [0.1, 0.15) is 40.5 Å². The summed E-state index contributed by atoms with van der Waals surface area (Å²) in [4.78, 5) is 0. The Morgan fingerprint density at radius 3 is 2.21 bits per heavy atom. The fourth-order valence-corrected chi connectivity index (χ4v) is 3.56. The minimum atomic E-state index is -3.28. The molecule has 4 heteroatoms. The van der Waals surface area contributed by atoms with Gasteiger partial charge in [0.05, 0.1) is 12.4 Å². The highest BCUT2D eigenvalue weighted by Gasteiger charge is 2.34. The Labute approximate surface area is 87.0 Å². The first kappa shape index (κ1) is 12.0. The third-order valence-electron chi connectivity index (χ3n) is 2.62. The first-order valence-electron chi connectivity index (χ1n) is 4.99. The van der Waals surface area contributed by atoms with Crippen molar-refractivity contribution in [2.24, 2.45) is 10.8 Å². The molecule has 1 heterocycles. The molecule has 0 atom stereocenters. The van der Waals surface area contributed by atoms with Gasteiger partial charge in [0.2, 0.25) is 0 Å². The monoisotopic (exact) mass is 220 g/mol. The molecule has 0 N–H and O–H groups in total. The molecule has 14 heavy (non-hydrogen) atoms. The van der Waals surface area contributed by atoms with Gasteiger partial charge in [-0.05, 0) is 23.7 Å². The molecule has 0 saturated carbocycles. The maximum Gasteiger partial charge on any atom is 0.267 e. The van der Waals surface area contributed by atoms with Crippen LogP contribution in [0.2, 0.25) is 0 Å². The van der Waals surface area contributed by atoms with Gasteiger partial charge in [0.15, 0.2) is 0 Å². The van der Waals surface area contributed by atoms with E-state index in [0.717, 1.165) is 6.42 Å². The molecular formula is C10H20O3S. The van der Waals surface area contributed by atoms with Crippen molar-refractivity contribution in [3.05, 3.63) is 0 Å². The van der Waals surface area contributed by atoms with E-state index in [9.17, 15) is 8.42 Å². The van der Waals surface area contributed by atoms with Crippen molar-refractivity contribution in [1.29, 1.82) is 0 Å². The normalized spacial score (nSPS) is 30.3. The summed E-state index contributed by atoms with van der Waals surface area (Å²) in [7, 11) is -3.28. The molecule has 0 aromatic heterocycles. The van der Waals surface area contributed by atoms with Crippen LogP contribution >= 0.6 is 0 Å². The van der Waals surface area contributed by atoms with E-state index < -0.39 is 10.1 Å². The maximum atomic E-state index is 11.4. The van der Waals surface area contributed by atoms with E-state index in [1.165, 1.54) is 0 Å². The van der Waals surface area contributed by atoms with E-state index in [0.29, 0.717) is 13.0 Å². The van der Waals surface area contributed by atoms with Gasteiger partial charge in [0, 0.05) is 0 Å². The van der Waals surface area contributed by atoms with Crippen LogP contribution in [-0.4, -0.2) is 20.8 Å². The van der Waals surface area contributed by atoms with Crippen LogP contribution < -0.4 is 0 Å². The zero-order valence-electron chi connectivity index (χ0n) is 9.46. The van der Waals surface area contributed by atoms with Gasteiger partial charge in [0.25, 0.3) is 10.1 Å². The van der Waals surface area contributed by atoms with Gasteiger partial charge in [-0.2, -0.15) is 8.42 Å². The zero-order valence-corrected chi connectivity index (χ0v) is 10.3. The lowest BCUT2D eigenvalue weighted by Crippen LogP contribution is -2.33. The van der Waals surface area contributed by atoms with E-state index in [1.807, 2.05) is 0 Å². The third-order valence-corrected chi connectivity index (χ3v) is 3.80. The molecule has 0 aliphatic carbocycles. The van der Waals surface area contributed by atoms with Crippen molar-refractivity contribution in [2.45, 2.75) is 40.5 Å². The second kappa shape index (κ2) is 3.49. The van der Waals surface area contributed by atoms with Crippen molar-refractivity contribution >= 4 is 10.1 Å². The van der Waals surface area contributed by atoms with Crippen LogP contribution in [0.4, 0.5) is 0 Å². The second-order valence-corrected chi connectivity index (χ2v) is 7.54. The first-order chi connectivity index (χ1) is 6.12. The summed E-state index contributed by atoms with van der Waals surface area (Å²) in [5, 5.41) is 0. The fraction of sp³-hybridized carbons (Fsp3) is 1.00. The maximum absolute atomic E-state index is 11.4. The first-order valence-corrected chi connectivity index (χ1v) is 6.57. The molecule has 0 aromatic carbocycles. The standard InChI is InChI=1S/C10H20O3S/c1-9(2)5-6-14(11,12)13-8-10(3,4)7-9/h5-8H2,1-4H3. The molecule has 84 valence electrons. The Morgan fingerprint density at radius 1 is 1.07 bits per heavy atom. The lowest BCUT2D eigenvalue weighted by Gasteiger charge is -2.36. The topological polar surface area (TPSA) is 43.4 Å². The summed E-state index contributed by atoms with van der Waals surface area (Å²) in [6.07, 6.45) is 1.67. The number of rotatable bonds is 0. The van der Waals surface area contributed by atoms with Crippen LogP contribution in [0, 0.1) is 10.8 Å². The van der Waals surface area contributed by atoms with Crippen LogP contribution in [0.3, 0.4) is 0 Å². The summed E-state index contributed by atoms with van der Waals surface area (Å²) in [6, 6.07) is 0. The SMILES string of the molecule is CC1(C)CCS(=O)(=O)OCC(C)(C)C1. The molecule has 3 nitrogen and oxygen atoms in total. The summed E-state index contributed by atoms with van der Waals surface area (Å²) < 4.78 is 27.7. The average molecular weight is 220 g/mol. The number of hydrogen-bond donors (Lipinski definition) is 0. The molecule has 0 radical (unpaired) electrons. The van der Waals surface area contributed by atoms with E-state index >= 15 is 0 Å². The summed E-state index contributed by atoms with van der Waals surface area (Å²) >= 11 is 0. The minimum absolute atomic E-state index is 0.0585. The number of hydrogen-bond acceptors (Lipinski definition) is 3. The quantitative estimate of drug-likeness (QED) is 0.588. The Balaban J connectivity index is 2.86. The van der Waals surface area contributed by atoms with Crippen molar-refractivity contribution in [3.8, 4) is 0 Å². The van der Waals surface area contributed by atoms with Crippen LogP contribution in [0.5, 0.6) is 0 Å². The smallest absolute Gasteiger partial charge is 0.267 e. The van der Waals surface area contributed by atoms with Gasteiger partial charge in [-0.1, -0.05) is 27.7 Å². The van der Waals surface area contributed by atoms with Crippen molar-refractivity contribution in [3.63, 3.8) is 0 Å². The molecule has 0 amide bonds. The summed E-state index contributed by atoms with van der Waals surface area (Å²) in [6.45, 7) is 8.65. The molecule has 1 aliphatic heterocycles. The van der Waals surface area contributed by atoms with Gasteiger partial charge in [-0.15, -0.1) is 0 Å². The molecule has 0 bridgehead atoms. The highest BCUT2D eigenvalue weighted by Crippen LogP contribution is 2.38. The van der Waals surface area contributed by atoms with E-state index in [4.69, 9.17) is 4.18 Å². The molecule has 0 unspecified atom stereocenters. The van der Waals surface area contributed by atoms with Crippen LogP contribution in [-0.2, 0) is 14.3 Å². The predicted octanol–water partition coefficient (Wildman–Crippen LogP) is 2.18. The molecule has 1 aliphatic rings. The third kappa shape index (κ3) is 3.58. The molecule has 1 rings (SSSR count). The molecule has 1 saturated heterocycles. The Morgan fingerprint density at radius 2 is 1.64 bits per heavy atom. The lowest BCUT2D eigenvalue weighted by atomic mass is 9.74. The van der Waals surface area contributed by atoms with Crippen molar-refractivity contribution in [1.82, 2.24) is 0 Å². The zero-order chi connectivity index (χ0) is 11.0. The Kier molecular flexibility index (Phi) is 2.99. The average Bonchev–Trinajstić information content (AvgIpc) is 1.96. The molecule has 1 fully saturated rings. The van der Waals surface area contributed by atoms with E-state index in [2.05, 4.69) is 27.7 Å². The highest BCUT2D eigenvalue weighted by atomic mass is 32.2. The fourth-order valence-electron chi connectivity index (χ4n) is 2.14. The van der Waals surface area contributed by atoms with Gasteiger partial charge < -0.3 is 0 Å². The van der Waals surface area contributed by atoms with E-state index in [1.54, 1.807) is 0 Å². The summed E-state index contributed by atoms with van der Waals surface area (Å²) in [5.74, 6) is 0.149. The predicted molar refractivity (Wildman–Crippen MR) is 56.5 cm³/mol. The van der Waals surface area contributed by atoms with E-state index in [-0.39, 0.29) is 16.6 Å². The van der Waals surface area contributed by atoms with Gasteiger partial charge in [-0.25, -0.2) is 0 Å². The van der Waals surface area contributed by atoms with Crippen LogP contribution in [0.15, 0.2) is 0 Å².